The molecular weight excluding hydrogens is 691 g/mol. The van der Waals surface area contributed by atoms with Gasteiger partial charge in [0.1, 0.15) is 11.5 Å². The minimum Gasteiger partial charge on any atom is -0.458 e. The van der Waals surface area contributed by atoms with E-state index in [1.807, 2.05) is 11.8 Å². The second kappa shape index (κ2) is 12.4. The second-order valence-corrected chi connectivity index (χ2v) is 18.8. The van der Waals surface area contributed by atoms with E-state index in [9.17, 15) is 0 Å². The predicted octanol–water partition coefficient (Wildman–Crippen LogP) is 11.1. The van der Waals surface area contributed by atoms with Crippen molar-refractivity contribution in [1.29, 1.82) is 0 Å². The Morgan fingerprint density at radius 1 is 0.389 bits per heavy atom. The average molecular weight is 724 g/mol. The standard InChI is InChI=1S/C50H33NOSSi/c1-2-15-37(16-3-1)51(42-32-36-14-4-5-17-39(36)40-18-6-7-19-41(40)42)38-29-26-34(27-30-38)35-28-31-50-46(33-35)53-45-22-10-13-25-49(45)54(50)47-23-11-8-20-43(47)52-44-21-9-12-24-48(44)54/h1-33H. The molecular formula is C50H33NOSSi. The molecule has 2 nitrogen and oxygen atoms in total. The van der Waals surface area contributed by atoms with Crippen molar-refractivity contribution in [1.82, 2.24) is 0 Å². The van der Waals surface area contributed by atoms with Crippen molar-refractivity contribution in [2.24, 2.45) is 0 Å². The smallest absolute Gasteiger partial charge is 0.190 e. The first-order valence-corrected chi connectivity index (χ1v) is 21.2. The molecule has 2 aliphatic rings. The third-order valence-corrected chi connectivity index (χ3v) is 17.6. The van der Waals surface area contributed by atoms with Gasteiger partial charge < -0.3 is 9.64 Å². The number of nitrogens with zero attached hydrogens (tertiary/aromatic N) is 1. The summed E-state index contributed by atoms with van der Waals surface area (Å²) in [6.45, 7) is 0. The highest BCUT2D eigenvalue weighted by Crippen LogP contribution is 2.43. The molecule has 2 aliphatic heterocycles. The minimum atomic E-state index is -2.67. The Labute approximate surface area is 320 Å². The molecule has 0 bridgehead atoms. The lowest BCUT2D eigenvalue weighted by atomic mass is 9.98. The van der Waals surface area contributed by atoms with Crippen LogP contribution in [0, 0.1) is 0 Å². The number of anilines is 3. The van der Waals surface area contributed by atoms with E-state index in [2.05, 4.69) is 205 Å². The molecule has 0 atom stereocenters. The lowest BCUT2D eigenvalue weighted by Gasteiger charge is -2.43. The van der Waals surface area contributed by atoms with Crippen molar-refractivity contribution in [3.63, 3.8) is 0 Å². The highest BCUT2D eigenvalue weighted by atomic mass is 32.2. The van der Waals surface area contributed by atoms with Crippen LogP contribution in [0.3, 0.4) is 0 Å². The van der Waals surface area contributed by atoms with Crippen LogP contribution in [0.2, 0.25) is 0 Å². The van der Waals surface area contributed by atoms with E-state index in [0.717, 1.165) is 22.9 Å². The fourth-order valence-electron chi connectivity index (χ4n) is 8.83. The molecule has 0 N–H and O–H groups in total. The van der Waals surface area contributed by atoms with E-state index in [-0.39, 0.29) is 0 Å². The normalized spacial score (nSPS) is 13.4. The molecule has 0 radical (unpaired) electrons. The maximum atomic E-state index is 6.59. The highest BCUT2D eigenvalue weighted by Gasteiger charge is 2.51. The molecule has 2 heterocycles. The van der Waals surface area contributed by atoms with Gasteiger partial charge in [-0.05, 0) is 103 Å². The zero-order valence-corrected chi connectivity index (χ0v) is 31.1. The fraction of sp³-hybridized carbons (Fsp3) is 0. The van der Waals surface area contributed by atoms with Crippen LogP contribution in [0.25, 0.3) is 32.7 Å². The van der Waals surface area contributed by atoms with E-state index in [4.69, 9.17) is 4.74 Å². The largest absolute Gasteiger partial charge is 0.458 e. The van der Waals surface area contributed by atoms with Crippen LogP contribution < -0.4 is 30.4 Å². The van der Waals surface area contributed by atoms with Crippen LogP contribution in [-0.4, -0.2) is 8.07 Å². The van der Waals surface area contributed by atoms with E-state index in [1.54, 1.807) is 0 Å². The van der Waals surface area contributed by atoms with Gasteiger partial charge in [0.05, 0.1) is 5.69 Å². The Bertz CT molecular complexity index is 2840. The molecule has 0 amide bonds. The Kier molecular flexibility index (Phi) is 7.16. The monoisotopic (exact) mass is 723 g/mol. The number of fused-ring (bicyclic) bond motifs is 11. The number of hydrogen-bond donors (Lipinski definition) is 0. The molecule has 254 valence electrons. The summed E-state index contributed by atoms with van der Waals surface area (Å²) in [6, 6.07) is 73.3. The Morgan fingerprint density at radius 3 is 1.70 bits per heavy atom. The number of ether oxygens (including phenoxy) is 1. The van der Waals surface area contributed by atoms with Gasteiger partial charge in [0, 0.05) is 26.6 Å². The molecule has 0 unspecified atom stereocenters. The quantitative estimate of drug-likeness (QED) is 0.133. The number of rotatable bonds is 4. The summed E-state index contributed by atoms with van der Waals surface area (Å²) < 4.78 is 6.59. The first-order chi connectivity index (χ1) is 26.8. The molecule has 9 aromatic carbocycles. The van der Waals surface area contributed by atoms with Crippen LogP contribution >= 0.6 is 11.8 Å². The van der Waals surface area contributed by atoms with Crippen molar-refractivity contribution in [3.05, 3.63) is 200 Å². The van der Waals surface area contributed by atoms with Gasteiger partial charge in [-0.3, -0.25) is 0 Å². The van der Waals surface area contributed by atoms with Crippen molar-refractivity contribution in [2.45, 2.75) is 9.79 Å². The second-order valence-electron chi connectivity index (χ2n) is 14.0. The molecule has 9 aromatic rings. The Balaban J connectivity index is 1.06. The van der Waals surface area contributed by atoms with Gasteiger partial charge in [-0.2, -0.15) is 0 Å². The van der Waals surface area contributed by atoms with E-state index in [0.29, 0.717) is 0 Å². The zero-order chi connectivity index (χ0) is 35.6. The summed E-state index contributed by atoms with van der Waals surface area (Å²) in [7, 11) is -2.67. The molecule has 54 heavy (non-hydrogen) atoms. The van der Waals surface area contributed by atoms with Gasteiger partial charge in [0.15, 0.2) is 8.07 Å². The Morgan fingerprint density at radius 2 is 0.944 bits per heavy atom. The minimum absolute atomic E-state index is 0.970. The summed E-state index contributed by atoms with van der Waals surface area (Å²) in [6.07, 6.45) is 0. The Hall–Kier alpha value is -6.33. The predicted molar refractivity (Wildman–Crippen MR) is 229 cm³/mol. The summed E-state index contributed by atoms with van der Waals surface area (Å²) in [5.74, 6) is 1.94. The van der Waals surface area contributed by atoms with Crippen molar-refractivity contribution in [2.75, 3.05) is 4.90 Å². The average Bonchev–Trinajstić information content (AvgIpc) is 3.24. The van der Waals surface area contributed by atoms with Crippen LogP contribution in [0.4, 0.5) is 17.1 Å². The van der Waals surface area contributed by atoms with E-state index < -0.39 is 8.07 Å². The molecule has 4 heteroatoms. The third-order valence-electron chi connectivity index (χ3n) is 11.2. The van der Waals surface area contributed by atoms with Gasteiger partial charge in [-0.1, -0.05) is 157 Å². The summed E-state index contributed by atoms with van der Waals surface area (Å²) in [5, 5.41) is 10.5. The maximum absolute atomic E-state index is 6.59. The van der Waals surface area contributed by atoms with Crippen LogP contribution in [0.15, 0.2) is 210 Å². The number of para-hydroxylation sites is 3. The van der Waals surface area contributed by atoms with Crippen LogP contribution in [0.5, 0.6) is 11.5 Å². The SMILES string of the molecule is c1ccc(N(c2ccc(-c3ccc4c(c3)Sc3ccccc3[Si]43c4ccccc4Oc4ccccc43)cc2)c2cc3ccccc3c3ccccc23)cc1. The van der Waals surface area contributed by atoms with E-state index in [1.165, 1.54) is 68.9 Å². The number of hydrogen-bond acceptors (Lipinski definition) is 3. The fourth-order valence-corrected chi connectivity index (χ4v) is 16.0. The zero-order valence-electron chi connectivity index (χ0n) is 29.3. The van der Waals surface area contributed by atoms with Crippen molar-refractivity contribution < 1.29 is 4.74 Å². The highest BCUT2D eigenvalue weighted by molar-refractivity contribution is 8.00. The lowest BCUT2D eigenvalue weighted by Crippen LogP contribution is -2.77. The lowest BCUT2D eigenvalue weighted by molar-refractivity contribution is 0.487. The van der Waals surface area contributed by atoms with Gasteiger partial charge in [0.2, 0.25) is 0 Å². The van der Waals surface area contributed by atoms with Gasteiger partial charge in [0.25, 0.3) is 0 Å². The molecule has 0 aliphatic carbocycles. The third kappa shape index (κ3) is 4.67. The molecule has 11 rings (SSSR count). The molecule has 0 fully saturated rings. The summed E-state index contributed by atoms with van der Waals surface area (Å²) >= 11 is 1.90. The van der Waals surface area contributed by atoms with Gasteiger partial charge in [-0.25, -0.2) is 0 Å². The van der Waals surface area contributed by atoms with Crippen LogP contribution in [-0.2, 0) is 0 Å². The first kappa shape index (κ1) is 31.2. The molecule has 0 aromatic heterocycles. The van der Waals surface area contributed by atoms with Gasteiger partial charge >= 0.3 is 0 Å². The molecule has 1 spiro atoms. The maximum Gasteiger partial charge on any atom is 0.190 e. The van der Waals surface area contributed by atoms with Gasteiger partial charge in [-0.15, -0.1) is 0 Å². The van der Waals surface area contributed by atoms with Crippen molar-refractivity contribution >= 4 is 79.2 Å². The number of benzene rings is 9. The van der Waals surface area contributed by atoms with Crippen LogP contribution in [0.1, 0.15) is 0 Å². The topological polar surface area (TPSA) is 12.5 Å². The van der Waals surface area contributed by atoms with E-state index >= 15 is 0 Å². The van der Waals surface area contributed by atoms with Crippen molar-refractivity contribution in [3.8, 4) is 22.6 Å². The summed E-state index contributed by atoms with van der Waals surface area (Å²) in [4.78, 5) is 5.05. The molecule has 0 saturated heterocycles. The first-order valence-electron chi connectivity index (χ1n) is 18.4. The summed E-state index contributed by atoms with van der Waals surface area (Å²) in [5.41, 5.74) is 5.82. The molecule has 0 saturated carbocycles.